The van der Waals surface area contributed by atoms with Crippen LogP contribution >= 0.6 is 0 Å². The molecule has 0 spiro atoms. The van der Waals surface area contributed by atoms with Crippen LogP contribution in [0.25, 0.3) is 0 Å². The van der Waals surface area contributed by atoms with Gasteiger partial charge in [-0.3, -0.25) is 9.69 Å². The molecule has 2 aromatic carbocycles. The molecule has 6 nitrogen and oxygen atoms in total. The number of hydrogen-bond acceptors (Lipinski definition) is 5. The summed E-state index contributed by atoms with van der Waals surface area (Å²) in [5.74, 6) is 1.03. The molecule has 6 heteroatoms. The molecule has 1 amide bonds. The molecule has 0 saturated carbocycles. The number of carbonyl (C=O) groups excluding carboxylic acids is 1. The Morgan fingerprint density at radius 3 is 2.70 bits per heavy atom. The van der Waals surface area contributed by atoms with Gasteiger partial charge in [0.05, 0.1) is 7.11 Å². The summed E-state index contributed by atoms with van der Waals surface area (Å²) in [5, 5.41) is 0. The van der Waals surface area contributed by atoms with Gasteiger partial charge in [-0.25, -0.2) is 0 Å². The van der Waals surface area contributed by atoms with Crippen LogP contribution < -0.4 is 20.9 Å². The zero-order valence-corrected chi connectivity index (χ0v) is 18.0. The number of benzene rings is 2. The van der Waals surface area contributed by atoms with Gasteiger partial charge in [0, 0.05) is 31.1 Å². The van der Waals surface area contributed by atoms with Gasteiger partial charge in [-0.15, -0.1) is 0 Å². The highest BCUT2D eigenvalue weighted by molar-refractivity contribution is 5.75. The molecule has 3 atom stereocenters. The lowest BCUT2D eigenvalue weighted by Crippen LogP contribution is -2.49. The first-order valence-corrected chi connectivity index (χ1v) is 10.6. The number of nitrogens with zero attached hydrogens (tertiary/aromatic N) is 1. The molecule has 2 aromatic rings. The van der Waals surface area contributed by atoms with E-state index < -0.39 is 5.91 Å². The van der Waals surface area contributed by atoms with E-state index >= 15 is 0 Å². The van der Waals surface area contributed by atoms with Crippen LogP contribution in [0.3, 0.4) is 0 Å². The molecule has 0 bridgehead atoms. The van der Waals surface area contributed by atoms with Gasteiger partial charge in [0.25, 0.3) is 5.91 Å². The number of nitrogens with two attached hydrogens (primary N) is 2. The van der Waals surface area contributed by atoms with Gasteiger partial charge in [0.15, 0.2) is 18.1 Å². The molecule has 2 aliphatic heterocycles. The predicted molar refractivity (Wildman–Crippen MR) is 117 cm³/mol. The molecule has 1 fully saturated rings. The number of hydrogen-bond donors (Lipinski definition) is 2. The van der Waals surface area contributed by atoms with Crippen LogP contribution in [-0.2, 0) is 11.2 Å². The maximum absolute atomic E-state index is 11.1. The number of rotatable bonds is 5. The number of primary amides is 1. The third kappa shape index (κ3) is 3.89. The number of carbonyl (C=O) groups is 1. The zero-order valence-electron chi connectivity index (χ0n) is 18.0. The fraction of sp³-hybridized carbons (Fsp3) is 0.458. The highest BCUT2D eigenvalue weighted by atomic mass is 16.5. The summed E-state index contributed by atoms with van der Waals surface area (Å²) in [5.41, 5.74) is 18.4. The van der Waals surface area contributed by atoms with E-state index in [4.69, 9.17) is 20.9 Å². The minimum atomic E-state index is -0.503. The molecule has 2 heterocycles. The Kier molecular flexibility index (Phi) is 5.71. The molecule has 0 aliphatic carbocycles. The van der Waals surface area contributed by atoms with E-state index in [0.29, 0.717) is 17.4 Å². The van der Waals surface area contributed by atoms with Gasteiger partial charge < -0.3 is 20.9 Å². The SMILES string of the molecule is COc1cc2c(cc1OCC(N)=O)CCN1C[C@H](c3cc(C)ccc3C)[C@@H](N)C[C@@H]21. The first-order chi connectivity index (χ1) is 14.4. The Morgan fingerprint density at radius 1 is 1.17 bits per heavy atom. The number of piperidine rings is 1. The number of ether oxygens (including phenoxy) is 2. The number of fused-ring (bicyclic) bond motifs is 3. The number of amides is 1. The maximum atomic E-state index is 11.1. The molecule has 2 aliphatic rings. The van der Waals surface area contributed by atoms with Gasteiger partial charge in [0.1, 0.15) is 0 Å². The first-order valence-electron chi connectivity index (χ1n) is 10.6. The normalized spacial score (nSPS) is 23.4. The molecule has 1 saturated heterocycles. The smallest absolute Gasteiger partial charge is 0.255 e. The van der Waals surface area contributed by atoms with Crippen LogP contribution in [0, 0.1) is 13.8 Å². The molecule has 0 radical (unpaired) electrons. The van der Waals surface area contributed by atoms with E-state index in [2.05, 4.69) is 36.9 Å². The fourth-order valence-electron chi connectivity index (χ4n) is 4.98. The second kappa shape index (κ2) is 8.28. The average Bonchev–Trinajstić information content (AvgIpc) is 2.72. The maximum Gasteiger partial charge on any atom is 0.255 e. The summed E-state index contributed by atoms with van der Waals surface area (Å²) in [6.45, 7) is 6.09. The molecule has 0 unspecified atom stereocenters. The first kappa shape index (κ1) is 20.7. The van der Waals surface area contributed by atoms with Gasteiger partial charge >= 0.3 is 0 Å². The van der Waals surface area contributed by atoms with E-state index in [1.165, 1.54) is 27.8 Å². The zero-order chi connectivity index (χ0) is 21.4. The van der Waals surface area contributed by atoms with Gasteiger partial charge in [-0.05, 0) is 61.1 Å². The lowest BCUT2D eigenvalue weighted by atomic mass is 9.77. The van der Waals surface area contributed by atoms with Crippen molar-refractivity contribution in [3.63, 3.8) is 0 Å². The molecule has 30 heavy (non-hydrogen) atoms. The Balaban J connectivity index is 1.62. The third-order valence-corrected chi connectivity index (χ3v) is 6.54. The van der Waals surface area contributed by atoms with Crippen LogP contribution in [0.1, 0.15) is 46.2 Å². The summed E-state index contributed by atoms with van der Waals surface area (Å²) in [6.07, 6.45) is 1.83. The predicted octanol–water partition coefficient (Wildman–Crippen LogP) is 2.59. The van der Waals surface area contributed by atoms with Crippen LogP contribution in [-0.4, -0.2) is 43.7 Å². The monoisotopic (exact) mass is 409 g/mol. The highest BCUT2D eigenvalue weighted by Gasteiger charge is 2.39. The summed E-state index contributed by atoms with van der Waals surface area (Å²) in [6, 6.07) is 11.1. The molecular weight excluding hydrogens is 378 g/mol. The molecule has 0 aromatic heterocycles. The van der Waals surface area contributed by atoms with Crippen LogP contribution in [0.2, 0.25) is 0 Å². The van der Waals surface area contributed by atoms with Gasteiger partial charge in [-0.2, -0.15) is 0 Å². The third-order valence-electron chi connectivity index (χ3n) is 6.54. The molecule has 160 valence electrons. The van der Waals surface area contributed by atoms with Gasteiger partial charge in [-0.1, -0.05) is 23.8 Å². The summed E-state index contributed by atoms with van der Waals surface area (Å²) < 4.78 is 11.1. The van der Waals surface area contributed by atoms with E-state index in [1.54, 1.807) is 7.11 Å². The van der Waals surface area contributed by atoms with Crippen molar-refractivity contribution in [1.82, 2.24) is 4.90 Å². The standard InChI is InChI=1S/C24H31N3O3/c1-14-4-5-15(2)17(8-14)19-12-27-7-6-16-9-23(30-13-24(26)28)22(29-3)10-18(16)21(27)11-20(19)25/h4-5,8-10,19-21H,6-7,11-13,25H2,1-3H3,(H2,26,28)/t19-,20+,21+/m1/s1. The van der Waals surface area contributed by atoms with Crippen molar-refractivity contribution in [1.29, 1.82) is 0 Å². The average molecular weight is 410 g/mol. The van der Waals surface area contributed by atoms with Crippen LogP contribution in [0.5, 0.6) is 11.5 Å². The van der Waals surface area contributed by atoms with Crippen molar-refractivity contribution in [2.45, 2.75) is 44.7 Å². The van der Waals surface area contributed by atoms with Crippen molar-refractivity contribution in [2.75, 3.05) is 26.8 Å². The summed E-state index contributed by atoms with van der Waals surface area (Å²) >= 11 is 0. The largest absolute Gasteiger partial charge is 0.493 e. The topological polar surface area (TPSA) is 90.8 Å². The Bertz CT molecular complexity index is 959. The van der Waals surface area contributed by atoms with Crippen molar-refractivity contribution < 1.29 is 14.3 Å². The Morgan fingerprint density at radius 2 is 1.97 bits per heavy atom. The number of aryl methyl sites for hydroxylation is 2. The van der Waals surface area contributed by atoms with Gasteiger partial charge in [0.2, 0.25) is 0 Å². The van der Waals surface area contributed by atoms with Crippen molar-refractivity contribution in [2.24, 2.45) is 11.5 Å². The van der Waals surface area contributed by atoms with E-state index in [1.807, 2.05) is 12.1 Å². The van der Waals surface area contributed by atoms with E-state index in [-0.39, 0.29) is 18.7 Å². The minimum absolute atomic E-state index is 0.0921. The fourth-order valence-corrected chi connectivity index (χ4v) is 4.98. The molecular formula is C24H31N3O3. The summed E-state index contributed by atoms with van der Waals surface area (Å²) in [7, 11) is 1.61. The van der Waals surface area contributed by atoms with E-state index in [0.717, 1.165) is 25.9 Å². The quantitative estimate of drug-likeness (QED) is 0.792. The lowest BCUT2D eigenvalue weighted by Gasteiger charge is -2.46. The highest BCUT2D eigenvalue weighted by Crippen LogP contribution is 2.44. The van der Waals surface area contributed by atoms with Crippen LogP contribution in [0.15, 0.2) is 30.3 Å². The number of methoxy groups -OCH3 is 1. The van der Waals surface area contributed by atoms with Crippen molar-refractivity contribution in [3.8, 4) is 11.5 Å². The minimum Gasteiger partial charge on any atom is -0.493 e. The Hall–Kier alpha value is -2.57. The molecule has 4 N–H and O–H groups in total. The van der Waals surface area contributed by atoms with Crippen molar-refractivity contribution in [3.05, 3.63) is 58.1 Å². The van der Waals surface area contributed by atoms with Crippen molar-refractivity contribution >= 4 is 5.91 Å². The Labute approximate surface area is 178 Å². The summed E-state index contributed by atoms with van der Waals surface area (Å²) in [4.78, 5) is 13.7. The molecule has 4 rings (SSSR count). The van der Waals surface area contributed by atoms with Crippen LogP contribution in [0.4, 0.5) is 0 Å². The second-order valence-electron chi connectivity index (χ2n) is 8.58. The lowest BCUT2D eigenvalue weighted by molar-refractivity contribution is -0.119. The second-order valence-corrected chi connectivity index (χ2v) is 8.58. The van der Waals surface area contributed by atoms with E-state index in [9.17, 15) is 4.79 Å².